The molecule has 1 rings (SSSR count). The number of rotatable bonds is 5. The lowest BCUT2D eigenvalue weighted by Crippen LogP contribution is -2.16. The number of nitrogens with two attached hydrogens (primary N) is 1. The highest BCUT2D eigenvalue weighted by Crippen LogP contribution is 2.31. The van der Waals surface area contributed by atoms with Gasteiger partial charge in [0.05, 0.1) is 18.6 Å². The van der Waals surface area contributed by atoms with Crippen LogP contribution in [0.2, 0.25) is 0 Å². The number of sulfonamides is 1. The fourth-order valence-electron chi connectivity index (χ4n) is 1.52. The van der Waals surface area contributed by atoms with Crippen molar-refractivity contribution in [2.24, 2.45) is 5.14 Å². The zero-order valence-corrected chi connectivity index (χ0v) is 11.5. The van der Waals surface area contributed by atoms with E-state index in [4.69, 9.17) is 14.4 Å². The number of primary sulfonamides is 1. The van der Waals surface area contributed by atoms with Gasteiger partial charge in [-0.25, -0.2) is 18.7 Å². The fourth-order valence-corrected chi connectivity index (χ4v) is 2.92. The molecule has 8 nitrogen and oxygen atoms in total. The van der Waals surface area contributed by atoms with E-state index in [1.807, 2.05) is 0 Å². The van der Waals surface area contributed by atoms with Crippen molar-refractivity contribution in [1.82, 2.24) is 0 Å². The maximum Gasteiger partial charge on any atom is 0.294 e. The van der Waals surface area contributed by atoms with Gasteiger partial charge in [-0.1, -0.05) is 0 Å². The molecule has 0 atom stereocenters. The summed E-state index contributed by atoms with van der Waals surface area (Å²) in [5.74, 6) is -0.203. The van der Waals surface area contributed by atoms with Crippen molar-refractivity contribution in [3.63, 3.8) is 0 Å². The molecule has 0 spiro atoms. The summed E-state index contributed by atoms with van der Waals surface area (Å²) in [5, 5.41) is 15.6. The van der Waals surface area contributed by atoms with Crippen LogP contribution in [0, 0.1) is 0 Å². The number of ether oxygens (including phenoxy) is 1. The molecule has 0 fully saturated rings. The first-order valence-corrected chi connectivity index (χ1v) is 7.89. The normalized spacial score (nSPS) is 12.4. The zero-order valence-electron chi connectivity index (χ0n) is 9.86. The Morgan fingerprint density at radius 1 is 1.26 bits per heavy atom. The fraction of sp³-hybridized carbons (Fsp3) is 0.333. The third-order valence-corrected chi connectivity index (χ3v) is 4.03. The molecule has 0 aliphatic heterocycles. The lowest BCUT2D eigenvalue weighted by Gasteiger charge is -2.13. The first-order valence-electron chi connectivity index (χ1n) is 4.90. The van der Waals surface area contributed by atoms with Gasteiger partial charge in [0.2, 0.25) is 10.0 Å². The van der Waals surface area contributed by atoms with Crippen LogP contribution in [0.3, 0.4) is 0 Å². The van der Waals surface area contributed by atoms with E-state index < -0.39 is 36.5 Å². The summed E-state index contributed by atoms with van der Waals surface area (Å²) in [6, 6.07) is 1.65. The van der Waals surface area contributed by atoms with E-state index in [1.54, 1.807) is 0 Å². The minimum Gasteiger partial charge on any atom is -0.495 e. The predicted octanol–water partition coefficient (Wildman–Crippen LogP) is -0.438. The smallest absolute Gasteiger partial charge is 0.294 e. The summed E-state index contributed by atoms with van der Waals surface area (Å²) in [4.78, 5) is -1.27. The molecule has 19 heavy (non-hydrogen) atoms. The molecule has 0 unspecified atom stereocenters. The molecule has 107 valence electrons. The molecular formula is C9H12NO7S2. The van der Waals surface area contributed by atoms with E-state index in [-0.39, 0.29) is 17.7 Å². The van der Waals surface area contributed by atoms with E-state index in [1.165, 1.54) is 0 Å². The highest BCUT2D eigenvalue weighted by atomic mass is 32.2. The van der Waals surface area contributed by atoms with Crippen molar-refractivity contribution in [1.29, 1.82) is 0 Å². The van der Waals surface area contributed by atoms with Gasteiger partial charge in [-0.2, -0.15) is 8.42 Å². The minimum atomic E-state index is -4.63. The van der Waals surface area contributed by atoms with Crippen molar-refractivity contribution in [3.8, 4) is 5.75 Å². The molecule has 0 bridgehead atoms. The summed E-state index contributed by atoms with van der Waals surface area (Å²) in [6.07, 6.45) is -0.172. The maximum atomic E-state index is 11.4. The summed E-state index contributed by atoms with van der Waals surface area (Å²) in [7, 11) is -7.74. The van der Waals surface area contributed by atoms with Gasteiger partial charge in [-0.15, -0.1) is 0 Å². The summed E-state index contributed by atoms with van der Waals surface area (Å²) in [5.41, 5.74) is 0.0386. The van der Waals surface area contributed by atoms with Crippen LogP contribution in [-0.2, 0) is 31.7 Å². The van der Waals surface area contributed by atoms with Crippen LogP contribution in [0.5, 0.6) is 5.75 Å². The molecule has 1 aromatic rings. The van der Waals surface area contributed by atoms with Gasteiger partial charge < -0.3 is 4.74 Å². The Morgan fingerprint density at radius 2 is 1.84 bits per heavy atom. The van der Waals surface area contributed by atoms with Gasteiger partial charge in [-0.3, -0.25) is 4.55 Å². The minimum absolute atomic E-state index is 0.0386. The highest BCUT2D eigenvalue weighted by Gasteiger charge is 2.23. The second-order valence-electron chi connectivity index (χ2n) is 3.59. The van der Waals surface area contributed by atoms with Crippen LogP contribution in [0.15, 0.2) is 21.9 Å². The SMILES string of the molecule is COc1c(CC[O])cc(S(=O)(=O)O)cc1S(N)(=O)=O. The molecular weight excluding hydrogens is 298 g/mol. The van der Waals surface area contributed by atoms with Gasteiger partial charge in [0.25, 0.3) is 10.1 Å². The molecule has 3 N–H and O–H groups in total. The average Bonchev–Trinajstić information content (AvgIpc) is 2.26. The van der Waals surface area contributed by atoms with Gasteiger partial charge in [0.15, 0.2) is 0 Å². The zero-order chi connectivity index (χ0) is 14.8. The lowest BCUT2D eigenvalue weighted by molar-refractivity contribution is 0.196. The van der Waals surface area contributed by atoms with Crippen molar-refractivity contribution >= 4 is 20.1 Å². The second-order valence-corrected chi connectivity index (χ2v) is 6.54. The van der Waals surface area contributed by atoms with Gasteiger partial charge >= 0.3 is 0 Å². The third kappa shape index (κ3) is 3.64. The van der Waals surface area contributed by atoms with Crippen molar-refractivity contribution in [3.05, 3.63) is 17.7 Å². The molecule has 10 heteroatoms. The molecule has 1 radical (unpaired) electrons. The van der Waals surface area contributed by atoms with Crippen LogP contribution in [0.25, 0.3) is 0 Å². The van der Waals surface area contributed by atoms with E-state index >= 15 is 0 Å². The molecule has 0 heterocycles. The number of benzene rings is 1. The van der Waals surface area contributed by atoms with Gasteiger partial charge in [0, 0.05) is 6.42 Å². The molecule has 0 aliphatic carbocycles. The summed E-state index contributed by atoms with van der Waals surface area (Å²) in [6.45, 7) is -0.616. The third-order valence-electron chi connectivity index (χ3n) is 2.29. The van der Waals surface area contributed by atoms with Crippen molar-refractivity contribution < 1.29 is 31.2 Å². The first kappa shape index (κ1) is 15.9. The van der Waals surface area contributed by atoms with Crippen LogP contribution in [0.4, 0.5) is 0 Å². The first-order chi connectivity index (χ1) is 8.61. The maximum absolute atomic E-state index is 11.4. The van der Waals surface area contributed by atoms with Gasteiger partial charge in [0.1, 0.15) is 10.6 Å². The van der Waals surface area contributed by atoms with Crippen LogP contribution < -0.4 is 9.88 Å². The van der Waals surface area contributed by atoms with E-state index in [0.29, 0.717) is 6.07 Å². The van der Waals surface area contributed by atoms with Crippen molar-refractivity contribution in [2.45, 2.75) is 16.2 Å². The van der Waals surface area contributed by atoms with Gasteiger partial charge in [-0.05, 0) is 17.7 Å². The second kappa shape index (κ2) is 5.43. The van der Waals surface area contributed by atoms with Crippen LogP contribution in [-0.4, -0.2) is 35.1 Å². The Bertz CT molecular complexity index is 679. The molecule has 0 aliphatic rings. The molecule has 0 aromatic heterocycles. The van der Waals surface area contributed by atoms with Crippen LogP contribution in [0.1, 0.15) is 5.56 Å². The lowest BCUT2D eigenvalue weighted by atomic mass is 10.1. The number of methoxy groups -OCH3 is 1. The topological polar surface area (TPSA) is 144 Å². The van der Waals surface area contributed by atoms with Crippen molar-refractivity contribution in [2.75, 3.05) is 13.7 Å². The monoisotopic (exact) mass is 310 g/mol. The molecule has 0 saturated carbocycles. The molecule has 0 amide bonds. The Kier molecular flexibility index (Phi) is 4.53. The predicted molar refractivity (Wildman–Crippen MR) is 63.4 cm³/mol. The Labute approximate surface area is 110 Å². The largest absolute Gasteiger partial charge is 0.495 e. The summed E-state index contributed by atoms with van der Waals surface area (Å²) < 4.78 is 58.7. The quantitative estimate of drug-likeness (QED) is 0.706. The molecule has 0 saturated heterocycles. The van der Waals surface area contributed by atoms with Crippen LogP contribution >= 0.6 is 0 Å². The Morgan fingerprint density at radius 3 is 2.21 bits per heavy atom. The number of hydrogen-bond acceptors (Lipinski definition) is 5. The standard InChI is InChI=1S/C9H12NO7S2/c1-17-9-6(2-3-11)4-7(19(14,15)16)5-8(9)18(10,12)13/h4-5H,2-3H2,1H3,(H2,10,12,13)(H,14,15,16). The Hall–Kier alpha value is -1.20. The highest BCUT2D eigenvalue weighted by molar-refractivity contribution is 7.89. The van der Waals surface area contributed by atoms with E-state index in [9.17, 15) is 21.9 Å². The summed E-state index contributed by atoms with van der Waals surface area (Å²) >= 11 is 0. The van der Waals surface area contributed by atoms with E-state index in [2.05, 4.69) is 0 Å². The Balaban J connectivity index is 3.74. The van der Waals surface area contributed by atoms with E-state index in [0.717, 1.165) is 13.2 Å². The average molecular weight is 310 g/mol. The number of hydrogen-bond donors (Lipinski definition) is 2. The molecule has 1 aromatic carbocycles.